The van der Waals surface area contributed by atoms with E-state index >= 15 is 0 Å². The van der Waals surface area contributed by atoms with Crippen LogP contribution in [0.4, 0.5) is 4.79 Å². The lowest BCUT2D eigenvalue weighted by molar-refractivity contribution is 0.161. The molecule has 0 radical (unpaired) electrons. The number of rotatable bonds is 3. The summed E-state index contributed by atoms with van der Waals surface area (Å²) in [6.45, 7) is 1.68. The molecule has 2 atom stereocenters. The molecule has 1 N–H and O–H groups in total. The second-order valence-corrected chi connectivity index (χ2v) is 7.35. The highest BCUT2D eigenvalue weighted by atomic mass is 16.2. The van der Waals surface area contributed by atoms with Gasteiger partial charge in [0.15, 0.2) is 0 Å². The monoisotopic (exact) mass is 338 g/mol. The van der Waals surface area contributed by atoms with E-state index in [0.29, 0.717) is 5.92 Å². The van der Waals surface area contributed by atoms with Crippen LogP contribution in [0.1, 0.15) is 42.3 Å². The third-order valence-corrected chi connectivity index (χ3v) is 5.63. The standard InChI is InChI=1S/C20H26N4O/c1-23-12-10-21-19(23)13-15-5-4-11-24(14-15)20(25)22-18-9-8-16-6-2-3-7-17(16)18/h2-3,6-7,10,12,15,18H,4-5,8-9,11,13-14H2,1H3,(H,22,25). The number of urea groups is 1. The van der Waals surface area contributed by atoms with Crippen molar-refractivity contribution in [1.82, 2.24) is 19.8 Å². The van der Waals surface area contributed by atoms with Crippen molar-refractivity contribution in [3.05, 3.63) is 53.6 Å². The minimum atomic E-state index is 0.0891. The van der Waals surface area contributed by atoms with Crippen LogP contribution in [0.25, 0.3) is 0 Å². The summed E-state index contributed by atoms with van der Waals surface area (Å²) in [7, 11) is 2.03. The van der Waals surface area contributed by atoms with Gasteiger partial charge in [-0.3, -0.25) is 0 Å². The zero-order valence-electron chi connectivity index (χ0n) is 14.8. The highest BCUT2D eigenvalue weighted by molar-refractivity contribution is 5.75. The van der Waals surface area contributed by atoms with Crippen molar-refractivity contribution in [3.8, 4) is 0 Å². The van der Waals surface area contributed by atoms with E-state index in [1.54, 1.807) is 0 Å². The van der Waals surface area contributed by atoms with Gasteiger partial charge in [0.1, 0.15) is 5.82 Å². The van der Waals surface area contributed by atoms with Crippen molar-refractivity contribution in [1.29, 1.82) is 0 Å². The number of hydrogen-bond acceptors (Lipinski definition) is 2. The number of carbonyl (C=O) groups excluding carboxylic acids is 1. The molecule has 25 heavy (non-hydrogen) atoms. The molecule has 1 fully saturated rings. The highest BCUT2D eigenvalue weighted by Gasteiger charge is 2.28. The van der Waals surface area contributed by atoms with E-state index in [0.717, 1.165) is 44.6 Å². The van der Waals surface area contributed by atoms with Gasteiger partial charge in [0.05, 0.1) is 6.04 Å². The van der Waals surface area contributed by atoms with Gasteiger partial charge in [-0.1, -0.05) is 24.3 Å². The van der Waals surface area contributed by atoms with Crippen molar-refractivity contribution in [2.45, 2.75) is 38.1 Å². The van der Waals surface area contributed by atoms with Crippen LogP contribution in [0, 0.1) is 5.92 Å². The maximum atomic E-state index is 12.8. The number of piperidine rings is 1. The number of hydrogen-bond donors (Lipinski definition) is 1. The number of aromatic nitrogens is 2. The molecule has 1 saturated heterocycles. The number of likely N-dealkylation sites (tertiary alicyclic amines) is 1. The SMILES string of the molecule is Cn1ccnc1CC1CCCN(C(=O)NC2CCc3ccccc32)C1. The molecule has 1 aromatic heterocycles. The Hall–Kier alpha value is -2.30. The lowest BCUT2D eigenvalue weighted by atomic mass is 9.94. The summed E-state index contributed by atoms with van der Waals surface area (Å²) in [6, 6.07) is 8.71. The number of aryl methyl sites for hydroxylation is 2. The molecule has 0 saturated carbocycles. The molecule has 5 nitrogen and oxygen atoms in total. The van der Waals surface area contributed by atoms with Crippen LogP contribution in [0.5, 0.6) is 0 Å². The summed E-state index contributed by atoms with van der Waals surface area (Å²) >= 11 is 0. The van der Waals surface area contributed by atoms with Crippen molar-refractivity contribution < 1.29 is 4.79 Å². The quantitative estimate of drug-likeness (QED) is 0.935. The number of fused-ring (bicyclic) bond motifs is 1. The number of amides is 2. The topological polar surface area (TPSA) is 50.2 Å². The van der Waals surface area contributed by atoms with Crippen molar-refractivity contribution in [3.63, 3.8) is 0 Å². The van der Waals surface area contributed by atoms with Gasteiger partial charge < -0.3 is 14.8 Å². The normalized spacial score (nSPS) is 22.7. The molecule has 2 unspecified atom stereocenters. The summed E-state index contributed by atoms with van der Waals surface area (Å²) in [4.78, 5) is 19.2. The lowest BCUT2D eigenvalue weighted by Gasteiger charge is -2.33. The van der Waals surface area contributed by atoms with Gasteiger partial charge in [-0.25, -0.2) is 9.78 Å². The second-order valence-electron chi connectivity index (χ2n) is 7.35. The predicted molar refractivity (Wildman–Crippen MR) is 97.2 cm³/mol. The molecular weight excluding hydrogens is 312 g/mol. The molecule has 1 aromatic carbocycles. The van der Waals surface area contributed by atoms with Crippen LogP contribution in [0.15, 0.2) is 36.7 Å². The number of nitrogens with one attached hydrogen (secondary N) is 1. The minimum absolute atomic E-state index is 0.0891. The zero-order chi connectivity index (χ0) is 17.2. The van der Waals surface area contributed by atoms with E-state index in [-0.39, 0.29) is 12.1 Å². The predicted octanol–water partition coefficient (Wildman–Crippen LogP) is 3.07. The van der Waals surface area contributed by atoms with Gasteiger partial charge in [-0.2, -0.15) is 0 Å². The van der Waals surface area contributed by atoms with E-state index in [9.17, 15) is 4.79 Å². The average Bonchev–Trinajstić information content (AvgIpc) is 3.22. The summed E-state index contributed by atoms with van der Waals surface area (Å²) in [5.74, 6) is 1.61. The summed E-state index contributed by atoms with van der Waals surface area (Å²) in [6.07, 6.45) is 9.09. The number of nitrogens with zero attached hydrogens (tertiary/aromatic N) is 3. The van der Waals surface area contributed by atoms with Crippen molar-refractivity contribution in [2.24, 2.45) is 13.0 Å². The second kappa shape index (κ2) is 6.90. The maximum Gasteiger partial charge on any atom is 0.317 e. The fourth-order valence-corrected chi connectivity index (χ4v) is 4.21. The molecule has 4 rings (SSSR count). The molecule has 2 amide bonds. The summed E-state index contributed by atoms with van der Waals surface area (Å²) < 4.78 is 2.08. The molecule has 2 aromatic rings. The summed E-state index contributed by atoms with van der Waals surface area (Å²) in [5.41, 5.74) is 2.66. The van der Waals surface area contributed by atoms with Crippen LogP contribution in [-0.4, -0.2) is 33.6 Å². The Labute approximate surface area is 149 Å². The van der Waals surface area contributed by atoms with Crippen molar-refractivity contribution >= 4 is 6.03 Å². The van der Waals surface area contributed by atoms with Crippen LogP contribution < -0.4 is 5.32 Å². The van der Waals surface area contributed by atoms with Crippen LogP contribution in [0.3, 0.4) is 0 Å². The van der Waals surface area contributed by atoms with Crippen LogP contribution in [0.2, 0.25) is 0 Å². The van der Waals surface area contributed by atoms with Gasteiger partial charge in [0.25, 0.3) is 0 Å². The van der Waals surface area contributed by atoms with E-state index in [4.69, 9.17) is 0 Å². The Morgan fingerprint density at radius 3 is 3.04 bits per heavy atom. The molecule has 0 bridgehead atoms. The largest absolute Gasteiger partial charge is 0.338 e. The zero-order valence-corrected chi connectivity index (χ0v) is 14.8. The number of imidazole rings is 1. The molecule has 2 heterocycles. The van der Waals surface area contributed by atoms with Crippen LogP contribution >= 0.6 is 0 Å². The van der Waals surface area contributed by atoms with Gasteiger partial charge in [-0.15, -0.1) is 0 Å². The molecule has 1 aliphatic heterocycles. The fourth-order valence-electron chi connectivity index (χ4n) is 4.21. The molecular formula is C20H26N4O. The van der Waals surface area contributed by atoms with Gasteiger partial charge >= 0.3 is 6.03 Å². The van der Waals surface area contributed by atoms with E-state index in [2.05, 4.69) is 39.1 Å². The van der Waals surface area contributed by atoms with Crippen LogP contribution in [-0.2, 0) is 19.9 Å². The first-order valence-electron chi connectivity index (χ1n) is 9.30. The average molecular weight is 338 g/mol. The Morgan fingerprint density at radius 1 is 1.32 bits per heavy atom. The Bertz CT molecular complexity index is 754. The number of benzene rings is 1. The van der Waals surface area contributed by atoms with Gasteiger partial charge in [0.2, 0.25) is 0 Å². The molecule has 132 valence electrons. The molecule has 1 aliphatic carbocycles. The molecule has 0 spiro atoms. The smallest absolute Gasteiger partial charge is 0.317 e. The Morgan fingerprint density at radius 2 is 2.20 bits per heavy atom. The third kappa shape index (κ3) is 3.41. The first kappa shape index (κ1) is 16.2. The minimum Gasteiger partial charge on any atom is -0.338 e. The van der Waals surface area contributed by atoms with E-state index < -0.39 is 0 Å². The van der Waals surface area contributed by atoms with Gasteiger partial charge in [-0.05, 0) is 42.7 Å². The maximum absolute atomic E-state index is 12.8. The molecule has 5 heteroatoms. The van der Waals surface area contributed by atoms with Gasteiger partial charge in [0, 0.05) is 39.0 Å². The highest BCUT2D eigenvalue weighted by Crippen LogP contribution is 2.31. The Kier molecular flexibility index (Phi) is 4.47. The third-order valence-electron chi connectivity index (χ3n) is 5.63. The van der Waals surface area contributed by atoms with E-state index in [1.165, 1.54) is 17.5 Å². The van der Waals surface area contributed by atoms with Crippen molar-refractivity contribution in [2.75, 3.05) is 13.1 Å². The molecule has 2 aliphatic rings. The first-order valence-corrected chi connectivity index (χ1v) is 9.30. The first-order chi connectivity index (χ1) is 12.2. The van der Waals surface area contributed by atoms with E-state index in [1.807, 2.05) is 24.3 Å². The summed E-state index contributed by atoms with van der Waals surface area (Å²) in [5, 5.41) is 3.26. The lowest BCUT2D eigenvalue weighted by Crippen LogP contribution is -2.46. The number of carbonyl (C=O) groups is 1. The fraction of sp³-hybridized carbons (Fsp3) is 0.500. The Balaban J connectivity index is 1.37.